The largest absolute Gasteiger partial charge is 0.458 e. The molecule has 5 heteroatoms. The number of rotatable bonds is 5. The molecule has 0 unspecified atom stereocenters. The zero-order chi connectivity index (χ0) is 12.9. The van der Waals surface area contributed by atoms with Crippen LogP contribution in [0.25, 0.3) is 0 Å². The normalized spacial score (nSPS) is 10.8. The van der Waals surface area contributed by atoms with E-state index < -0.39 is 5.60 Å². The average Bonchev–Trinajstić information content (AvgIpc) is 2.28. The molecule has 0 aliphatic rings. The van der Waals surface area contributed by atoms with Gasteiger partial charge in [-0.25, -0.2) is 4.98 Å². The van der Waals surface area contributed by atoms with Gasteiger partial charge in [-0.05, 0) is 27.0 Å². The van der Waals surface area contributed by atoms with E-state index in [0.717, 1.165) is 12.4 Å². The molecule has 0 radical (unpaired) electrons. The topological polar surface area (TPSA) is 47.0 Å². The summed E-state index contributed by atoms with van der Waals surface area (Å²) in [6.45, 7) is 6.44. The van der Waals surface area contributed by atoms with Crippen LogP contribution in [0.15, 0.2) is 11.2 Å². The first-order chi connectivity index (χ1) is 8.00. The van der Waals surface area contributed by atoms with E-state index in [0.29, 0.717) is 11.0 Å². The van der Waals surface area contributed by atoms with E-state index >= 15 is 0 Å². The summed E-state index contributed by atoms with van der Waals surface area (Å²) in [5, 5.41) is 3.79. The zero-order valence-electron chi connectivity index (χ0n) is 10.6. The molecule has 0 atom stereocenters. The van der Waals surface area contributed by atoms with Crippen molar-refractivity contribution in [2.75, 3.05) is 18.1 Å². The van der Waals surface area contributed by atoms with Gasteiger partial charge in [0.05, 0.1) is 0 Å². The van der Waals surface area contributed by atoms with E-state index in [-0.39, 0.29) is 0 Å². The lowest BCUT2D eigenvalue weighted by Gasteiger charge is -2.19. The monoisotopic (exact) mass is 251 g/mol. The van der Waals surface area contributed by atoms with Crippen molar-refractivity contribution < 1.29 is 4.74 Å². The number of thioether (sulfide) groups is 1. The third-order valence-electron chi connectivity index (χ3n) is 1.93. The molecule has 1 aromatic rings. The van der Waals surface area contributed by atoms with Crippen LogP contribution in [0.2, 0.25) is 0 Å². The van der Waals surface area contributed by atoms with Crippen molar-refractivity contribution in [3.8, 4) is 18.2 Å². The van der Waals surface area contributed by atoms with Gasteiger partial charge in [0, 0.05) is 12.6 Å². The molecule has 0 aliphatic heterocycles. The van der Waals surface area contributed by atoms with Gasteiger partial charge in [-0.2, -0.15) is 4.98 Å². The Morgan fingerprint density at radius 1 is 1.53 bits per heavy atom. The molecule has 0 saturated heterocycles. The fourth-order valence-corrected chi connectivity index (χ4v) is 1.48. The smallest absolute Gasteiger partial charge is 0.220 e. The minimum atomic E-state index is -0.673. The lowest BCUT2D eigenvalue weighted by molar-refractivity contribution is 0.163. The van der Waals surface area contributed by atoms with Crippen molar-refractivity contribution in [1.29, 1.82) is 0 Å². The summed E-state index contributed by atoms with van der Waals surface area (Å²) in [7, 11) is 0. The number of nitrogens with one attached hydrogen (secondary N) is 1. The highest BCUT2D eigenvalue weighted by molar-refractivity contribution is 7.98. The molecule has 4 nitrogen and oxygen atoms in total. The predicted molar refractivity (Wildman–Crippen MR) is 71.5 cm³/mol. The number of nitrogens with zero attached hydrogens (tertiary/aromatic N) is 2. The van der Waals surface area contributed by atoms with Crippen LogP contribution in [0.1, 0.15) is 20.8 Å². The van der Waals surface area contributed by atoms with Gasteiger partial charge >= 0.3 is 0 Å². The summed E-state index contributed by atoms with van der Waals surface area (Å²) in [5.74, 6) is 3.80. The van der Waals surface area contributed by atoms with Gasteiger partial charge in [-0.1, -0.05) is 17.7 Å². The fraction of sp³-hybridized carbons (Fsp3) is 0.500. The van der Waals surface area contributed by atoms with E-state index in [4.69, 9.17) is 11.2 Å². The summed E-state index contributed by atoms with van der Waals surface area (Å²) in [6.07, 6.45) is 7.30. The lowest BCUT2D eigenvalue weighted by atomic mass is 10.1. The molecule has 1 N–H and O–H groups in total. The van der Waals surface area contributed by atoms with Gasteiger partial charge in [0.25, 0.3) is 0 Å². The lowest BCUT2D eigenvalue weighted by Crippen LogP contribution is -2.26. The molecule has 0 aliphatic carbocycles. The van der Waals surface area contributed by atoms with Crippen molar-refractivity contribution in [2.24, 2.45) is 0 Å². The van der Waals surface area contributed by atoms with Gasteiger partial charge in [-0.15, -0.1) is 6.42 Å². The third-order valence-corrected chi connectivity index (χ3v) is 2.48. The number of terminal acetylenes is 1. The Labute approximate surface area is 107 Å². The second-order valence-electron chi connectivity index (χ2n) is 3.87. The Bertz CT molecular complexity index is 426. The molecular weight excluding hydrogens is 234 g/mol. The van der Waals surface area contributed by atoms with Gasteiger partial charge in [-0.3, -0.25) is 0 Å². The number of ether oxygens (including phenoxy) is 1. The van der Waals surface area contributed by atoms with Crippen LogP contribution in [-0.2, 0) is 0 Å². The third kappa shape index (κ3) is 4.16. The minimum absolute atomic E-state index is 0.489. The molecule has 1 rings (SSSR count). The molecule has 0 amide bonds. The highest BCUT2D eigenvalue weighted by Crippen LogP contribution is 2.22. The minimum Gasteiger partial charge on any atom is -0.458 e. The summed E-state index contributed by atoms with van der Waals surface area (Å²) < 4.78 is 5.64. The van der Waals surface area contributed by atoms with Crippen LogP contribution in [0.3, 0.4) is 0 Å². The van der Waals surface area contributed by atoms with Gasteiger partial charge in [0.15, 0.2) is 10.8 Å². The maximum atomic E-state index is 5.64. The van der Waals surface area contributed by atoms with E-state index in [1.807, 2.05) is 27.0 Å². The molecule has 0 bridgehead atoms. The van der Waals surface area contributed by atoms with Crippen LogP contribution in [-0.4, -0.2) is 28.4 Å². The van der Waals surface area contributed by atoms with E-state index in [2.05, 4.69) is 21.2 Å². The molecule has 1 aromatic heterocycles. The maximum absolute atomic E-state index is 5.64. The molecular formula is C12H17N3OS. The molecule has 0 saturated carbocycles. The van der Waals surface area contributed by atoms with E-state index in [1.165, 1.54) is 11.8 Å². The SMILES string of the molecule is C#CC(C)(C)Oc1cc(NCC)nc(SC)n1. The molecule has 1 heterocycles. The second kappa shape index (κ2) is 5.78. The first kappa shape index (κ1) is 13.7. The molecule has 0 aromatic carbocycles. The van der Waals surface area contributed by atoms with E-state index in [1.54, 1.807) is 6.07 Å². The summed E-state index contributed by atoms with van der Waals surface area (Å²) >= 11 is 1.46. The first-order valence-corrected chi connectivity index (χ1v) is 6.57. The fourth-order valence-electron chi connectivity index (χ4n) is 1.11. The van der Waals surface area contributed by atoms with Crippen molar-refractivity contribution in [2.45, 2.75) is 31.5 Å². The van der Waals surface area contributed by atoms with Gasteiger partial charge in [0.1, 0.15) is 5.82 Å². The van der Waals surface area contributed by atoms with Crippen molar-refractivity contribution in [3.05, 3.63) is 6.07 Å². The standard InChI is InChI=1S/C12H17N3OS/c1-6-12(3,4)16-10-8-9(13-7-2)14-11(15-10)17-5/h1,8H,7H2,2-5H3,(H,13,14,15). The summed E-state index contributed by atoms with van der Waals surface area (Å²) in [4.78, 5) is 8.57. The highest BCUT2D eigenvalue weighted by atomic mass is 32.2. The van der Waals surface area contributed by atoms with Crippen molar-refractivity contribution >= 4 is 17.6 Å². The molecule has 17 heavy (non-hydrogen) atoms. The van der Waals surface area contributed by atoms with Crippen LogP contribution in [0, 0.1) is 12.3 Å². The maximum Gasteiger partial charge on any atom is 0.220 e. The van der Waals surface area contributed by atoms with Gasteiger partial charge < -0.3 is 10.1 Å². The van der Waals surface area contributed by atoms with E-state index in [9.17, 15) is 0 Å². The Morgan fingerprint density at radius 3 is 2.76 bits per heavy atom. The average molecular weight is 251 g/mol. The van der Waals surface area contributed by atoms with Crippen LogP contribution < -0.4 is 10.1 Å². The van der Waals surface area contributed by atoms with Crippen LogP contribution in [0.4, 0.5) is 5.82 Å². The Kier molecular flexibility index (Phi) is 4.64. The van der Waals surface area contributed by atoms with Crippen LogP contribution >= 0.6 is 11.8 Å². The number of hydrogen-bond acceptors (Lipinski definition) is 5. The Hall–Kier alpha value is -1.41. The number of aromatic nitrogens is 2. The number of anilines is 1. The van der Waals surface area contributed by atoms with Crippen LogP contribution in [0.5, 0.6) is 5.88 Å². The van der Waals surface area contributed by atoms with Gasteiger partial charge in [0.2, 0.25) is 5.88 Å². The predicted octanol–water partition coefficient (Wildman–Crippen LogP) is 2.42. The highest BCUT2D eigenvalue weighted by Gasteiger charge is 2.17. The summed E-state index contributed by atoms with van der Waals surface area (Å²) in [6, 6.07) is 1.75. The molecule has 92 valence electrons. The van der Waals surface area contributed by atoms with Crippen molar-refractivity contribution in [3.63, 3.8) is 0 Å². The zero-order valence-corrected chi connectivity index (χ0v) is 11.4. The molecule has 0 spiro atoms. The number of hydrogen-bond donors (Lipinski definition) is 1. The first-order valence-electron chi connectivity index (χ1n) is 5.34. The van der Waals surface area contributed by atoms with Crippen molar-refractivity contribution in [1.82, 2.24) is 9.97 Å². The second-order valence-corrected chi connectivity index (χ2v) is 4.64. The summed E-state index contributed by atoms with van der Waals surface area (Å²) in [5.41, 5.74) is -0.673. The Balaban J connectivity index is 2.99. The Morgan fingerprint density at radius 2 is 2.24 bits per heavy atom. The quantitative estimate of drug-likeness (QED) is 0.495. The molecule has 0 fully saturated rings.